The first kappa shape index (κ1) is 10.5. The van der Waals surface area contributed by atoms with E-state index in [4.69, 9.17) is 0 Å². The van der Waals surface area contributed by atoms with Crippen molar-refractivity contribution < 1.29 is 4.79 Å². The lowest BCUT2D eigenvalue weighted by Crippen LogP contribution is -2.43. The number of rotatable bonds is 3. The Balaban J connectivity index is 2.48. The summed E-state index contributed by atoms with van der Waals surface area (Å²) >= 11 is 0. The van der Waals surface area contributed by atoms with E-state index in [0.717, 1.165) is 25.9 Å². The van der Waals surface area contributed by atoms with Gasteiger partial charge in [-0.05, 0) is 25.3 Å². The Hall–Kier alpha value is -0.570. The summed E-state index contributed by atoms with van der Waals surface area (Å²) in [5.41, 5.74) is 0. The molecule has 1 N–H and O–H groups in total. The molecule has 13 heavy (non-hydrogen) atoms. The van der Waals surface area contributed by atoms with Crippen LogP contribution in [0, 0.1) is 5.92 Å². The number of nitrogens with zero attached hydrogens (tertiary/aromatic N) is 1. The minimum Gasteiger partial charge on any atom is -0.358 e. The van der Waals surface area contributed by atoms with Gasteiger partial charge in [0.1, 0.15) is 0 Å². The second-order valence-electron chi connectivity index (χ2n) is 4.16. The molecule has 1 aliphatic heterocycles. The van der Waals surface area contributed by atoms with E-state index in [-0.39, 0.29) is 11.9 Å². The van der Waals surface area contributed by atoms with Crippen LogP contribution in [0.4, 0.5) is 0 Å². The number of hydrogen-bond donors (Lipinski definition) is 1. The topological polar surface area (TPSA) is 32.3 Å². The highest BCUT2D eigenvalue weighted by Crippen LogP contribution is 2.18. The van der Waals surface area contributed by atoms with E-state index in [0.29, 0.717) is 5.92 Å². The fourth-order valence-electron chi connectivity index (χ4n) is 1.98. The van der Waals surface area contributed by atoms with Crippen LogP contribution in [-0.4, -0.2) is 37.0 Å². The lowest BCUT2D eigenvalue weighted by Gasteiger charge is -2.24. The Labute approximate surface area is 80.5 Å². The van der Waals surface area contributed by atoms with Crippen molar-refractivity contribution in [3.05, 3.63) is 0 Å². The fraction of sp³-hybridized carbons (Fsp3) is 0.900. The third-order valence-corrected chi connectivity index (χ3v) is 2.51. The standard InChI is InChI=1S/C10H20N2O/c1-8(2)7-12-6-4-5-9(12)10(13)11-3/h8-9H,4-7H2,1-3H3,(H,11,13)/t9-/m1/s1. The third-order valence-electron chi connectivity index (χ3n) is 2.51. The highest BCUT2D eigenvalue weighted by atomic mass is 16.2. The Morgan fingerprint density at radius 1 is 1.62 bits per heavy atom. The summed E-state index contributed by atoms with van der Waals surface area (Å²) in [5.74, 6) is 0.823. The second kappa shape index (κ2) is 4.61. The van der Waals surface area contributed by atoms with Crippen molar-refractivity contribution in [3.63, 3.8) is 0 Å². The molecule has 0 aromatic heterocycles. The van der Waals surface area contributed by atoms with Gasteiger partial charge in [0.15, 0.2) is 0 Å². The number of likely N-dealkylation sites (tertiary alicyclic amines) is 1. The summed E-state index contributed by atoms with van der Waals surface area (Å²) in [7, 11) is 1.72. The van der Waals surface area contributed by atoms with Gasteiger partial charge in [0.05, 0.1) is 6.04 Å². The van der Waals surface area contributed by atoms with E-state index in [2.05, 4.69) is 24.1 Å². The highest BCUT2D eigenvalue weighted by Gasteiger charge is 2.29. The van der Waals surface area contributed by atoms with Gasteiger partial charge in [-0.2, -0.15) is 0 Å². The number of carbonyl (C=O) groups excluding carboxylic acids is 1. The number of likely N-dealkylation sites (N-methyl/N-ethyl adjacent to an activating group) is 1. The first-order chi connectivity index (χ1) is 6.15. The van der Waals surface area contributed by atoms with E-state index in [1.54, 1.807) is 7.05 Å². The fourth-order valence-corrected chi connectivity index (χ4v) is 1.98. The van der Waals surface area contributed by atoms with Crippen LogP contribution in [0.3, 0.4) is 0 Å². The molecular weight excluding hydrogens is 164 g/mol. The van der Waals surface area contributed by atoms with Crippen molar-refractivity contribution >= 4 is 5.91 Å². The molecule has 3 heteroatoms. The van der Waals surface area contributed by atoms with Crippen LogP contribution >= 0.6 is 0 Å². The second-order valence-corrected chi connectivity index (χ2v) is 4.16. The molecule has 0 radical (unpaired) electrons. The van der Waals surface area contributed by atoms with Gasteiger partial charge >= 0.3 is 0 Å². The molecule has 1 heterocycles. The van der Waals surface area contributed by atoms with Gasteiger partial charge in [-0.3, -0.25) is 9.69 Å². The smallest absolute Gasteiger partial charge is 0.237 e. The normalized spacial score (nSPS) is 23.8. The Kier molecular flexibility index (Phi) is 3.72. The summed E-state index contributed by atoms with van der Waals surface area (Å²) in [4.78, 5) is 13.7. The van der Waals surface area contributed by atoms with Crippen molar-refractivity contribution in [2.75, 3.05) is 20.1 Å². The van der Waals surface area contributed by atoms with Crippen LogP contribution in [0.2, 0.25) is 0 Å². The Bertz CT molecular complexity index is 180. The van der Waals surface area contributed by atoms with Crippen LogP contribution in [0.5, 0.6) is 0 Å². The summed E-state index contributed by atoms with van der Waals surface area (Å²) < 4.78 is 0. The molecule has 76 valence electrons. The summed E-state index contributed by atoms with van der Waals surface area (Å²) in [5, 5.41) is 2.73. The Morgan fingerprint density at radius 3 is 2.85 bits per heavy atom. The zero-order valence-electron chi connectivity index (χ0n) is 8.84. The molecule has 0 aliphatic carbocycles. The van der Waals surface area contributed by atoms with Crippen molar-refractivity contribution in [3.8, 4) is 0 Å². The van der Waals surface area contributed by atoms with Crippen LogP contribution in [0.15, 0.2) is 0 Å². The van der Waals surface area contributed by atoms with Crippen LogP contribution in [0.1, 0.15) is 26.7 Å². The summed E-state index contributed by atoms with van der Waals surface area (Å²) in [6.07, 6.45) is 2.18. The minimum atomic E-state index is 0.132. The van der Waals surface area contributed by atoms with Gasteiger partial charge in [-0.1, -0.05) is 13.8 Å². The van der Waals surface area contributed by atoms with E-state index in [1.807, 2.05) is 0 Å². The van der Waals surface area contributed by atoms with Crippen LogP contribution in [-0.2, 0) is 4.79 Å². The molecule has 1 rings (SSSR count). The lowest BCUT2D eigenvalue weighted by molar-refractivity contribution is -0.125. The zero-order valence-corrected chi connectivity index (χ0v) is 8.84. The number of nitrogens with one attached hydrogen (secondary N) is 1. The molecule has 3 nitrogen and oxygen atoms in total. The number of amides is 1. The SMILES string of the molecule is CNC(=O)[C@H]1CCCN1CC(C)C. The predicted molar refractivity (Wildman–Crippen MR) is 53.5 cm³/mol. The third kappa shape index (κ3) is 2.69. The van der Waals surface area contributed by atoms with Gasteiger partial charge in [-0.25, -0.2) is 0 Å². The number of hydrogen-bond acceptors (Lipinski definition) is 2. The highest BCUT2D eigenvalue weighted by molar-refractivity contribution is 5.81. The predicted octanol–water partition coefficient (Wildman–Crippen LogP) is 0.853. The largest absolute Gasteiger partial charge is 0.358 e. The van der Waals surface area contributed by atoms with Crippen LogP contribution in [0.25, 0.3) is 0 Å². The molecule has 0 spiro atoms. The van der Waals surface area contributed by atoms with E-state index < -0.39 is 0 Å². The maximum absolute atomic E-state index is 11.5. The van der Waals surface area contributed by atoms with Gasteiger partial charge in [0.2, 0.25) is 5.91 Å². The quantitative estimate of drug-likeness (QED) is 0.705. The molecule has 0 bridgehead atoms. The average molecular weight is 184 g/mol. The molecular formula is C10H20N2O. The van der Waals surface area contributed by atoms with Crippen molar-refractivity contribution in [2.24, 2.45) is 5.92 Å². The monoisotopic (exact) mass is 184 g/mol. The van der Waals surface area contributed by atoms with Gasteiger partial charge in [0, 0.05) is 13.6 Å². The molecule has 1 saturated heterocycles. The molecule has 0 aromatic carbocycles. The van der Waals surface area contributed by atoms with Crippen molar-refractivity contribution in [1.82, 2.24) is 10.2 Å². The van der Waals surface area contributed by atoms with Crippen LogP contribution < -0.4 is 5.32 Å². The average Bonchev–Trinajstić information content (AvgIpc) is 2.50. The van der Waals surface area contributed by atoms with E-state index in [9.17, 15) is 4.79 Å². The van der Waals surface area contributed by atoms with E-state index >= 15 is 0 Å². The molecule has 0 saturated carbocycles. The van der Waals surface area contributed by atoms with Crippen molar-refractivity contribution in [2.45, 2.75) is 32.7 Å². The molecule has 0 aromatic rings. The summed E-state index contributed by atoms with van der Waals surface area (Å²) in [6.45, 7) is 6.51. The maximum atomic E-state index is 11.5. The summed E-state index contributed by atoms with van der Waals surface area (Å²) in [6, 6.07) is 0.132. The molecule has 1 fully saturated rings. The number of carbonyl (C=O) groups is 1. The van der Waals surface area contributed by atoms with E-state index in [1.165, 1.54) is 0 Å². The maximum Gasteiger partial charge on any atom is 0.237 e. The first-order valence-corrected chi connectivity index (χ1v) is 5.10. The molecule has 1 amide bonds. The zero-order chi connectivity index (χ0) is 9.84. The Morgan fingerprint density at radius 2 is 2.31 bits per heavy atom. The first-order valence-electron chi connectivity index (χ1n) is 5.10. The van der Waals surface area contributed by atoms with Gasteiger partial charge in [0.25, 0.3) is 0 Å². The lowest BCUT2D eigenvalue weighted by atomic mass is 10.1. The van der Waals surface area contributed by atoms with Gasteiger partial charge in [-0.15, -0.1) is 0 Å². The molecule has 0 unspecified atom stereocenters. The van der Waals surface area contributed by atoms with Crippen molar-refractivity contribution in [1.29, 1.82) is 0 Å². The minimum absolute atomic E-state index is 0.132. The molecule has 1 atom stereocenters. The van der Waals surface area contributed by atoms with Gasteiger partial charge < -0.3 is 5.32 Å². The molecule has 1 aliphatic rings.